The highest BCUT2D eigenvalue weighted by molar-refractivity contribution is 6.30. The fraction of sp³-hybridized carbons (Fsp3) is 0.533. The molecule has 0 fully saturated rings. The SMILES string of the molecule is CCCC[C@H](N)C(=O)N(CC)Cc1cccc(Cl)c1. The highest BCUT2D eigenvalue weighted by atomic mass is 35.5. The summed E-state index contributed by atoms with van der Waals surface area (Å²) in [5, 5.41) is 0.691. The van der Waals surface area contributed by atoms with E-state index >= 15 is 0 Å². The van der Waals surface area contributed by atoms with Gasteiger partial charge < -0.3 is 10.6 Å². The van der Waals surface area contributed by atoms with E-state index in [1.165, 1.54) is 0 Å². The van der Waals surface area contributed by atoms with Crippen molar-refractivity contribution in [2.45, 2.75) is 45.7 Å². The van der Waals surface area contributed by atoms with Crippen LogP contribution in [0.15, 0.2) is 24.3 Å². The lowest BCUT2D eigenvalue weighted by Crippen LogP contribution is -2.43. The third-order valence-electron chi connectivity index (χ3n) is 3.14. The summed E-state index contributed by atoms with van der Waals surface area (Å²) in [4.78, 5) is 14.0. The van der Waals surface area contributed by atoms with Gasteiger partial charge in [-0.1, -0.05) is 43.5 Å². The molecule has 1 aromatic rings. The number of nitrogens with two attached hydrogens (primary N) is 1. The zero-order valence-electron chi connectivity index (χ0n) is 11.7. The smallest absolute Gasteiger partial charge is 0.239 e. The molecule has 0 unspecified atom stereocenters. The van der Waals surface area contributed by atoms with Crippen LogP contribution in [0.5, 0.6) is 0 Å². The Morgan fingerprint density at radius 1 is 1.42 bits per heavy atom. The van der Waals surface area contributed by atoms with Crippen LogP contribution in [0.1, 0.15) is 38.7 Å². The Hall–Kier alpha value is -1.06. The third-order valence-corrected chi connectivity index (χ3v) is 3.38. The van der Waals surface area contributed by atoms with Crippen LogP contribution in [0.4, 0.5) is 0 Å². The monoisotopic (exact) mass is 282 g/mol. The van der Waals surface area contributed by atoms with Gasteiger partial charge in [-0.05, 0) is 31.0 Å². The quantitative estimate of drug-likeness (QED) is 0.835. The van der Waals surface area contributed by atoms with Crippen molar-refractivity contribution < 1.29 is 4.79 Å². The van der Waals surface area contributed by atoms with Crippen molar-refractivity contribution in [3.63, 3.8) is 0 Å². The summed E-state index contributed by atoms with van der Waals surface area (Å²) in [5.74, 6) is 0.0240. The van der Waals surface area contributed by atoms with Crippen molar-refractivity contribution in [2.75, 3.05) is 6.54 Å². The summed E-state index contributed by atoms with van der Waals surface area (Å²) in [6.45, 7) is 5.29. The molecule has 0 aliphatic heterocycles. The van der Waals surface area contributed by atoms with Gasteiger partial charge in [0, 0.05) is 18.1 Å². The van der Waals surface area contributed by atoms with Crippen LogP contribution in [0.3, 0.4) is 0 Å². The Morgan fingerprint density at radius 3 is 2.74 bits per heavy atom. The molecule has 0 aromatic heterocycles. The van der Waals surface area contributed by atoms with Gasteiger partial charge in [-0.15, -0.1) is 0 Å². The summed E-state index contributed by atoms with van der Waals surface area (Å²) >= 11 is 5.95. The van der Waals surface area contributed by atoms with E-state index in [1.807, 2.05) is 31.2 Å². The van der Waals surface area contributed by atoms with Gasteiger partial charge in [0.05, 0.1) is 6.04 Å². The largest absolute Gasteiger partial charge is 0.337 e. The van der Waals surface area contributed by atoms with E-state index in [4.69, 9.17) is 17.3 Å². The Labute approximate surface area is 120 Å². The van der Waals surface area contributed by atoms with Crippen LogP contribution < -0.4 is 5.73 Å². The molecule has 0 bridgehead atoms. The molecule has 0 radical (unpaired) electrons. The second kappa shape index (κ2) is 8.18. The molecule has 3 nitrogen and oxygen atoms in total. The predicted molar refractivity (Wildman–Crippen MR) is 80.0 cm³/mol. The van der Waals surface area contributed by atoms with Gasteiger partial charge >= 0.3 is 0 Å². The molecular formula is C15H23ClN2O. The fourth-order valence-electron chi connectivity index (χ4n) is 1.98. The lowest BCUT2D eigenvalue weighted by atomic mass is 10.1. The molecule has 19 heavy (non-hydrogen) atoms. The number of unbranched alkanes of at least 4 members (excludes halogenated alkanes) is 1. The van der Waals surface area contributed by atoms with Crippen LogP contribution in [0.25, 0.3) is 0 Å². The van der Waals surface area contributed by atoms with Gasteiger partial charge in [-0.2, -0.15) is 0 Å². The van der Waals surface area contributed by atoms with E-state index in [9.17, 15) is 4.79 Å². The Balaban J connectivity index is 2.64. The molecule has 1 rings (SSSR count). The van der Waals surface area contributed by atoms with Crippen LogP contribution >= 0.6 is 11.6 Å². The minimum Gasteiger partial charge on any atom is -0.337 e. The first-order chi connectivity index (χ1) is 9.08. The molecule has 0 heterocycles. The fourth-order valence-corrected chi connectivity index (χ4v) is 2.20. The average Bonchev–Trinajstić information content (AvgIpc) is 2.41. The van der Waals surface area contributed by atoms with Crippen molar-refractivity contribution >= 4 is 17.5 Å². The number of rotatable bonds is 7. The van der Waals surface area contributed by atoms with Gasteiger partial charge in [-0.3, -0.25) is 4.79 Å². The molecular weight excluding hydrogens is 260 g/mol. The number of halogens is 1. The molecule has 1 aromatic carbocycles. The van der Waals surface area contributed by atoms with E-state index in [-0.39, 0.29) is 11.9 Å². The first-order valence-corrected chi connectivity index (χ1v) is 7.25. The molecule has 2 N–H and O–H groups in total. The average molecular weight is 283 g/mol. The number of carbonyl (C=O) groups excluding carboxylic acids is 1. The van der Waals surface area contributed by atoms with Gasteiger partial charge in [0.15, 0.2) is 0 Å². The maximum Gasteiger partial charge on any atom is 0.239 e. The lowest BCUT2D eigenvalue weighted by molar-refractivity contribution is -0.133. The molecule has 0 aliphatic rings. The van der Waals surface area contributed by atoms with E-state index < -0.39 is 0 Å². The van der Waals surface area contributed by atoms with Crippen LogP contribution in [-0.4, -0.2) is 23.4 Å². The normalized spacial score (nSPS) is 12.2. The highest BCUT2D eigenvalue weighted by Crippen LogP contribution is 2.13. The van der Waals surface area contributed by atoms with Crippen molar-refractivity contribution in [2.24, 2.45) is 5.73 Å². The van der Waals surface area contributed by atoms with E-state index in [2.05, 4.69) is 6.92 Å². The lowest BCUT2D eigenvalue weighted by Gasteiger charge is -2.24. The summed E-state index contributed by atoms with van der Waals surface area (Å²) in [7, 11) is 0. The number of amides is 1. The van der Waals surface area contributed by atoms with E-state index in [1.54, 1.807) is 4.90 Å². The van der Waals surface area contributed by atoms with Crippen molar-refractivity contribution in [3.05, 3.63) is 34.9 Å². The zero-order valence-corrected chi connectivity index (χ0v) is 12.5. The van der Waals surface area contributed by atoms with Gasteiger partial charge in [0.2, 0.25) is 5.91 Å². The van der Waals surface area contributed by atoms with Gasteiger partial charge in [0.25, 0.3) is 0 Å². The standard InChI is InChI=1S/C15H23ClN2O/c1-3-5-9-14(17)15(19)18(4-2)11-12-7-6-8-13(16)10-12/h6-8,10,14H,3-5,9,11,17H2,1-2H3/t14-/m0/s1. The number of benzene rings is 1. The second-order valence-corrected chi connectivity index (χ2v) is 5.17. The summed E-state index contributed by atoms with van der Waals surface area (Å²) in [5.41, 5.74) is 6.98. The summed E-state index contributed by atoms with van der Waals surface area (Å²) in [6, 6.07) is 7.19. The van der Waals surface area contributed by atoms with Crippen molar-refractivity contribution in [1.29, 1.82) is 0 Å². The number of likely N-dealkylation sites (N-methyl/N-ethyl adjacent to an activating group) is 1. The molecule has 1 amide bonds. The molecule has 0 aliphatic carbocycles. The van der Waals surface area contributed by atoms with E-state index in [0.717, 1.165) is 24.8 Å². The van der Waals surface area contributed by atoms with Crippen LogP contribution in [0, 0.1) is 0 Å². The summed E-state index contributed by atoms with van der Waals surface area (Å²) < 4.78 is 0. The Bertz CT molecular complexity index is 409. The van der Waals surface area contributed by atoms with Crippen molar-refractivity contribution in [3.8, 4) is 0 Å². The Kier molecular flexibility index (Phi) is 6.89. The maximum atomic E-state index is 12.2. The molecule has 0 saturated carbocycles. The first-order valence-electron chi connectivity index (χ1n) is 6.87. The number of hydrogen-bond donors (Lipinski definition) is 1. The van der Waals surface area contributed by atoms with Gasteiger partial charge in [0.1, 0.15) is 0 Å². The molecule has 1 atom stereocenters. The van der Waals surface area contributed by atoms with Gasteiger partial charge in [-0.25, -0.2) is 0 Å². The Morgan fingerprint density at radius 2 is 2.16 bits per heavy atom. The maximum absolute atomic E-state index is 12.2. The topological polar surface area (TPSA) is 46.3 Å². The molecule has 106 valence electrons. The zero-order chi connectivity index (χ0) is 14.3. The van der Waals surface area contributed by atoms with Crippen LogP contribution in [-0.2, 0) is 11.3 Å². The number of nitrogens with zero attached hydrogens (tertiary/aromatic N) is 1. The minimum absolute atomic E-state index is 0.0240. The minimum atomic E-state index is -0.390. The predicted octanol–water partition coefficient (Wildman–Crippen LogP) is 3.21. The highest BCUT2D eigenvalue weighted by Gasteiger charge is 2.19. The van der Waals surface area contributed by atoms with Crippen molar-refractivity contribution in [1.82, 2.24) is 4.90 Å². The molecule has 0 spiro atoms. The van der Waals surface area contributed by atoms with Crippen LogP contribution in [0.2, 0.25) is 5.02 Å². The first kappa shape index (κ1) is 16.0. The second-order valence-electron chi connectivity index (χ2n) is 4.73. The number of hydrogen-bond acceptors (Lipinski definition) is 2. The summed E-state index contributed by atoms with van der Waals surface area (Å²) in [6.07, 6.45) is 2.80. The van der Waals surface area contributed by atoms with E-state index in [0.29, 0.717) is 18.1 Å². The third kappa shape index (κ3) is 5.21. The molecule has 4 heteroatoms. The number of carbonyl (C=O) groups is 1. The molecule has 0 saturated heterocycles.